The predicted molar refractivity (Wildman–Crippen MR) is 190 cm³/mol. The average Bonchev–Trinajstić information content (AvgIpc) is 2.89. The Morgan fingerprint density at radius 1 is 0.744 bits per heavy atom. The van der Waals surface area contributed by atoms with E-state index in [4.69, 9.17) is 11.5 Å². The summed E-state index contributed by atoms with van der Waals surface area (Å²) in [5.41, 5.74) is 15.0. The third-order valence-electron chi connectivity index (χ3n) is 6.98. The smallest absolute Gasteiger partial charge is 0.196 e. The molecule has 2 aromatic carbocycles. The van der Waals surface area contributed by atoms with Crippen LogP contribution in [0.25, 0.3) is 0 Å². The molecule has 0 spiro atoms. The zero-order chi connectivity index (χ0) is 28.8. The summed E-state index contributed by atoms with van der Waals surface area (Å²) in [6.07, 6.45) is 5.86. The number of halogens is 3. The lowest BCUT2D eigenvalue weighted by Gasteiger charge is -2.34. The lowest BCUT2D eigenvalue weighted by molar-refractivity contribution is -0.905. The number of carbonyl (C=O) groups is 2. The summed E-state index contributed by atoms with van der Waals surface area (Å²) >= 11 is 6.95. The minimum atomic E-state index is -0.106. The molecule has 1 aliphatic carbocycles. The zero-order valence-electron chi connectivity index (χ0n) is 23.1. The molecular weight excluding hydrogens is 831 g/mol. The summed E-state index contributed by atoms with van der Waals surface area (Å²) in [6.45, 7) is 7.31. The molecule has 0 aliphatic heterocycles. The van der Waals surface area contributed by atoms with Gasteiger partial charge in [-0.25, -0.2) is 0 Å². The number of quaternary nitrogens is 1. The second kappa shape index (κ2) is 18.1. The Bertz CT molecular complexity index is 1070. The fraction of sp³-hybridized carbons (Fsp3) is 0.517. The van der Waals surface area contributed by atoms with E-state index in [-0.39, 0.29) is 11.6 Å². The molecule has 0 unspecified atom stereocenters. The molecular formula is C29H43I3N5O2+. The van der Waals surface area contributed by atoms with Crippen molar-refractivity contribution in [3.05, 3.63) is 58.7 Å². The Labute approximate surface area is 275 Å². The van der Waals surface area contributed by atoms with E-state index < -0.39 is 0 Å². The quantitative estimate of drug-likeness (QED) is 0.0628. The normalized spacial score (nSPS) is 12.5. The number of hydrogen-bond donors (Lipinski definition) is 4. The molecule has 6 N–H and O–H groups in total. The van der Waals surface area contributed by atoms with Crippen LogP contribution in [0.15, 0.2) is 36.4 Å². The van der Waals surface area contributed by atoms with Crippen molar-refractivity contribution in [2.75, 3.05) is 63.5 Å². The first kappa shape index (κ1) is 34.7. The molecule has 0 bridgehead atoms. The summed E-state index contributed by atoms with van der Waals surface area (Å²) in [5, 5.41) is 6.89. The number of likely N-dealkylation sites (N-methyl/N-ethyl adjacent to an activating group) is 1. The number of unbranched alkanes of at least 4 members (excludes halogenated alkanes) is 4. The molecule has 0 aromatic heterocycles. The van der Waals surface area contributed by atoms with Gasteiger partial charge in [0.1, 0.15) is -0.0619 Å². The van der Waals surface area contributed by atoms with E-state index in [1.807, 2.05) is 24.3 Å². The molecule has 0 heterocycles. The van der Waals surface area contributed by atoms with Gasteiger partial charge in [0.25, 0.3) is 0 Å². The summed E-state index contributed by atoms with van der Waals surface area (Å²) < 4.78 is 1.50. The van der Waals surface area contributed by atoms with Gasteiger partial charge in [-0.15, -0.1) is 0 Å². The van der Waals surface area contributed by atoms with E-state index in [9.17, 15) is 9.59 Å². The molecule has 10 heteroatoms. The second-order valence-electron chi connectivity index (χ2n) is 10.00. The topological polar surface area (TPSA) is 110 Å². The van der Waals surface area contributed by atoms with E-state index in [0.717, 1.165) is 49.1 Å². The first-order valence-corrected chi connectivity index (χ1v) is 17.4. The van der Waals surface area contributed by atoms with Crippen molar-refractivity contribution in [3.8, 4) is 0 Å². The van der Waals surface area contributed by atoms with Gasteiger partial charge in [0.15, 0.2) is 11.6 Å². The van der Waals surface area contributed by atoms with Crippen LogP contribution in [-0.2, 0) is 0 Å². The number of alkyl halides is 3. The molecule has 7 nitrogen and oxygen atoms in total. The molecule has 2 aromatic rings. The number of hydrogen-bond acceptors (Lipinski definition) is 6. The predicted octanol–water partition coefficient (Wildman–Crippen LogP) is 6.20. The number of fused-ring (bicyclic) bond motifs is 2. The van der Waals surface area contributed by atoms with Gasteiger partial charge in [-0.3, -0.25) is 9.59 Å². The van der Waals surface area contributed by atoms with Gasteiger partial charge >= 0.3 is 0 Å². The fourth-order valence-electron chi connectivity index (χ4n) is 4.89. The van der Waals surface area contributed by atoms with Crippen LogP contribution < -0.4 is 22.1 Å². The highest BCUT2D eigenvalue weighted by Crippen LogP contribution is 2.36. The van der Waals surface area contributed by atoms with Crippen LogP contribution in [0.2, 0.25) is 0 Å². The number of ketones is 2. The average molecular weight is 874 g/mol. The molecule has 0 atom stereocenters. The van der Waals surface area contributed by atoms with E-state index in [1.54, 1.807) is 12.1 Å². The third kappa shape index (κ3) is 10.7. The van der Waals surface area contributed by atoms with Gasteiger partial charge in [-0.2, -0.15) is 0 Å². The lowest BCUT2D eigenvalue weighted by atomic mass is 9.82. The Hall–Kier alpha value is -0.550. The van der Waals surface area contributed by atoms with Crippen LogP contribution in [0.4, 0.5) is 11.4 Å². The van der Waals surface area contributed by atoms with E-state index in [1.165, 1.54) is 19.3 Å². The van der Waals surface area contributed by atoms with E-state index >= 15 is 0 Å². The molecule has 0 saturated heterocycles. The van der Waals surface area contributed by atoms with Crippen LogP contribution in [-0.4, -0.2) is 68.8 Å². The van der Waals surface area contributed by atoms with Gasteiger partial charge in [0, 0.05) is 42.1 Å². The van der Waals surface area contributed by atoms with Crippen molar-refractivity contribution >= 4 is 90.7 Å². The highest BCUT2D eigenvalue weighted by Gasteiger charge is 2.34. The van der Waals surface area contributed by atoms with Crippen LogP contribution in [0.3, 0.4) is 0 Å². The number of nitrogens with zero attached hydrogens (tertiary/aromatic N) is 1. The summed E-state index contributed by atoms with van der Waals surface area (Å²) in [6, 6.07) is 11.0. The van der Waals surface area contributed by atoms with E-state index in [0.29, 0.717) is 47.6 Å². The molecule has 39 heavy (non-hydrogen) atoms. The first-order chi connectivity index (χ1) is 18.7. The summed E-state index contributed by atoms with van der Waals surface area (Å²) in [4.78, 5) is 27.1. The second-order valence-corrected chi connectivity index (χ2v) is 20.9. The fourth-order valence-corrected chi connectivity index (χ4v) is 4.89. The monoisotopic (exact) mass is 874 g/mol. The summed E-state index contributed by atoms with van der Waals surface area (Å²) in [7, 11) is 2.15. The molecule has 0 saturated carbocycles. The Kier molecular flexibility index (Phi) is 16.1. The molecule has 0 fully saturated rings. The van der Waals surface area contributed by atoms with Crippen molar-refractivity contribution in [3.63, 3.8) is 0 Å². The minimum absolute atomic E-state index is 0.0979. The number of rotatable bonds is 15. The van der Waals surface area contributed by atoms with Crippen LogP contribution in [0, 0.1) is 0 Å². The molecule has 3 rings (SSSR count). The Morgan fingerprint density at radius 3 is 1.67 bits per heavy atom. The molecule has 0 amide bonds. The van der Waals surface area contributed by atoms with Gasteiger partial charge < -0.3 is 26.6 Å². The van der Waals surface area contributed by atoms with Gasteiger partial charge in [0.2, 0.25) is 0 Å². The maximum atomic E-state index is 13.6. The van der Waals surface area contributed by atoms with Gasteiger partial charge in [-0.05, 0) is 18.6 Å². The molecule has 1 aliphatic rings. The number of nitrogens with one attached hydrogen (secondary N) is 2. The third-order valence-corrected chi connectivity index (χ3v) is 6.98. The standard InChI is InChI=1S/C28H41N5O2.CHI3/c1-3-4-5-6-9-16-31-23-12-13-24(32-17-20-33(2,18-14-29)19-15-30)26-25(23)27(34)21-10-7-8-11-22(21)28(26)35;2-1(3)4/h7-8,10-13H,3-6,9,14-20,29-30H2,1-2H3,(H-,31,32,34,35);1H/p+1. The van der Waals surface area contributed by atoms with Gasteiger partial charge in [-0.1, -0.05) is 125 Å². The minimum Gasteiger partial charge on any atom is -0.384 e. The number of nitrogens with two attached hydrogens (primary N) is 2. The maximum absolute atomic E-state index is 13.6. The van der Waals surface area contributed by atoms with Crippen molar-refractivity contribution in [2.45, 2.75) is 39.0 Å². The zero-order valence-corrected chi connectivity index (χ0v) is 29.6. The maximum Gasteiger partial charge on any atom is 0.196 e. The molecule has 0 radical (unpaired) electrons. The van der Waals surface area contributed by atoms with Crippen LogP contribution in [0.1, 0.15) is 70.9 Å². The lowest BCUT2D eigenvalue weighted by Crippen LogP contribution is -2.52. The van der Waals surface area contributed by atoms with E-state index in [2.05, 4.69) is 92.4 Å². The van der Waals surface area contributed by atoms with Crippen molar-refractivity contribution in [1.82, 2.24) is 0 Å². The molecule has 216 valence electrons. The van der Waals surface area contributed by atoms with Gasteiger partial charge in [0.05, 0.1) is 44.4 Å². The first-order valence-electron chi connectivity index (χ1n) is 13.7. The number of benzene rings is 2. The Morgan fingerprint density at radius 2 is 1.21 bits per heavy atom. The summed E-state index contributed by atoms with van der Waals surface area (Å²) in [5.74, 6) is -0.204. The van der Waals surface area contributed by atoms with Crippen molar-refractivity contribution < 1.29 is 14.1 Å². The van der Waals surface area contributed by atoms with Crippen LogP contribution in [0.5, 0.6) is 0 Å². The van der Waals surface area contributed by atoms with Crippen molar-refractivity contribution in [1.29, 1.82) is 0 Å². The van der Waals surface area contributed by atoms with Crippen LogP contribution >= 0.6 is 67.8 Å². The largest absolute Gasteiger partial charge is 0.384 e. The Balaban J connectivity index is 0.00000124. The number of anilines is 2. The SMILES string of the molecule is CCCCCCCNc1ccc(NCC[N+](C)(CCN)CCN)c2c1C(=O)c1ccccc1C2=O.IC(I)I. The van der Waals surface area contributed by atoms with Crippen molar-refractivity contribution in [2.24, 2.45) is 11.5 Å². The highest BCUT2D eigenvalue weighted by molar-refractivity contribution is 14.3. The number of carbonyl (C=O) groups excluding carboxylic acids is 2. The highest BCUT2D eigenvalue weighted by atomic mass is 127.